The van der Waals surface area contributed by atoms with Gasteiger partial charge in [-0.05, 0) is 18.2 Å². The molecule has 3 nitrogen and oxygen atoms in total. The van der Waals surface area contributed by atoms with Gasteiger partial charge < -0.3 is 15.9 Å². The van der Waals surface area contributed by atoms with Gasteiger partial charge in [-0.3, -0.25) is 0 Å². The third kappa shape index (κ3) is 2.42. The van der Waals surface area contributed by atoms with Gasteiger partial charge in [0.15, 0.2) is 0 Å². The summed E-state index contributed by atoms with van der Waals surface area (Å²) >= 11 is 5.62. The van der Waals surface area contributed by atoms with E-state index in [1.165, 1.54) is 12.1 Å². The largest absolute Gasteiger partial charge is 0.389 e. The zero-order chi connectivity index (χ0) is 10.7. The van der Waals surface area contributed by atoms with Gasteiger partial charge in [-0.2, -0.15) is 0 Å². The molecule has 5 heteroatoms. The molecule has 0 fully saturated rings. The van der Waals surface area contributed by atoms with Gasteiger partial charge in [0, 0.05) is 17.1 Å². The molecular weight excluding hydrogens is 209 g/mol. The molecule has 2 atom stereocenters. The van der Waals surface area contributed by atoms with E-state index in [0.717, 1.165) is 6.07 Å². The Balaban J connectivity index is 2.99. The van der Waals surface area contributed by atoms with E-state index in [0.29, 0.717) is 5.02 Å². The average Bonchev–Trinajstić information content (AvgIpc) is 2.19. The minimum absolute atomic E-state index is 0.0459. The molecule has 0 aliphatic rings. The number of halogens is 2. The van der Waals surface area contributed by atoms with Crippen LogP contribution in [0.25, 0.3) is 0 Å². The van der Waals surface area contributed by atoms with E-state index in [4.69, 9.17) is 17.3 Å². The first-order chi connectivity index (χ1) is 6.56. The van der Waals surface area contributed by atoms with Gasteiger partial charge in [0.25, 0.3) is 0 Å². The molecule has 0 aromatic heterocycles. The molecule has 14 heavy (non-hydrogen) atoms. The maximum absolute atomic E-state index is 13.1. The molecule has 0 spiro atoms. The molecule has 0 radical (unpaired) electrons. The highest BCUT2D eigenvalue weighted by molar-refractivity contribution is 6.30. The highest BCUT2D eigenvalue weighted by atomic mass is 35.5. The maximum atomic E-state index is 13.1. The second kappa shape index (κ2) is 4.70. The van der Waals surface area contributed by atoms with Gasteiger partial charge in [0.2, 0.25) is 0 Å². The first kappa shape index (κ1) is 11.4. The summed E-state index contributed by atoms with van der Waals surface area (Å²) in [5, 5.41) is 19.0. The Kier molecular flexibility index (Phi) is 3.83. The second-order valence-corrected chi connectivity index (χ2v) is 3.35. The van der Waals surface area contributed by atoms with Gasteiger partial charge in [-0.25, -0.2) is 4.39 Å². The Labute approximate surface area is 85.9 Å². The van der Waals surface area contributed by atoms with Crippen molar-refractivity contribution >= 4 is 11.6 Å². The van der Waals surface area contributed by atoms with Crippen molar-refractivity contribution in [3.8, 4) is 0 Å². The topological polar surface area (TPSA) is 66.5 Å². The number of rotatable bonds is 3. The van der Waals surface area contributed by atoms with Crippen LogP contribution in [0.3, 0.4) is 0 Å². The van der Waals surface area contributed by atoms with E-state index in [1.807, 2.05) is 0 Å². The van der Waals surface area contributed by atoms with Crippen LogP contribution in [0.15, 0.2) is 18.2 Å². The summed E-state index contributed by atoms with van der Waals surface area (Å²) in [6, 6.07) is 3.76. The normalized spacial score (nSPS) is 15.2. The van der Waals surface area contributed by atoms with E-state index in [2.05, 4.69) is 0 Å². The highest BCUT2D eigenvalue weighted by Gasteiger charge is 2.20. The molecule has 1 rings (SSSR count). The molecule has 0 bridgehead atoms. The number of aliphatic hydroxyl groups is 2. The van der Waals surface area contributed by atoms with Crippen LogP contribution in [0.4, 0.5) is 4.39 Å². The molecule has 0 saturated carbocycles. The zero-order valence-electron chi connectivity index (χ0n) is 7.32. The molecule has 0 heterocycles. The Bertz CT molecular complexity index is 322. The lowest BCUT2D eigenvalue weighted by molar-refractivity contribution is 0.0222. The van der Waals surface area contributed by atoms with Crippen molar-refractivity contribution < 1.29 is 14.6 Å². The smallest absolute Gasteiger partial charge is 0.129 e. The van der Waals surface area contributed by atoms with Gasteiger partial charge in [-0.1, -0.05) is 11.6 Å². The molecule has 0 aliphatic heterocycles. The van der Waals surface area contributed by atoms with Gasteiger partial charge in [0.1, 0.15) is 11.9 Å². The maximum Gasteiger partial charge on any atom is 0.129 e. The van der Waals surface area contributed by atoms with Crippen LogP contribution in [0.2, 0.25) is 5.02 Å². The molecule has 0 saturated heterocycles. The minimum atomic E-state index is -1.35. The average molecular weight is 220 g/mol. The summed E-state index contributed by atoms with van der Waals surface area (Å²) in [5.74, 6) is -0.616. The third-order valence-electron chi connectivity index (χ3n) is 1.88. The first-order valence-corrected chi connectivity index (χ1v) is 4.45. The van der Waals surface area contributed by atoms with Crippen molar-refractivity contribution in [2.75, 3.05) is 6.54 Å². The van der Waals surface area contributed by atoms with Crippen molar-refractivity contribution in [3.63, 3.8) is 0 Å². The van der Waals surface area contributed by atoms with E-state index in [1.54, 1.807) is 0 Å². The van der Waals surface area contributed by atoms with E-state index in [9.17, 15) is 14.6 Å². The monoisotopic (exact) mass is 219 g/mol. The van der Waals surface area contributed by atoms with Crippen molar-refractivity contribution in [1.29, 1.82) is 0 Å². The van der Waals surface area contributed by atoms with Gasteiger partial charge >= 0.3 is 0 Å². The number of nitrogens with two attached hydrogens (primary N) is 1. The second-order valence-electron chi connectivity index (χ2n) is 2.91. The zero-order valence-corrected chi connectivity index (χ0v) is 8.08. The van der Waals surface area contributed by atoms with Crippen LogP contribution in [-0.4, -0.2) is 22.9 Å². The quantitative estimate of drug-likeness (QED) is 0.706. The summed E-state index contributed by atoms with van der Waals surface area (Å²) < 4.78 is 13.1. The van der Waals surface area contributed by atoms with Gasteiger partial charge in [-0.15, -0.1) is 0 Å². The standard InChI is InChI=1S/C9H11ClFNO2/c10-5-1-2-7(11)6(3-5)9(14)8(13)4-12/h1-3,8-9,13-14H,4,12H2. The fourth-order valence-electron chi connectivity index (χ4n) is 1.08. The van der Waals surface area contributed by atoms with Crippen LogP contribution >= 0.6 is 11.6 Å². The molecule has 4 N–H and O–H groups in total. The van der Waals surface area contributed by atoms with E-state index in [-0.39, 0.29) is 12.1 Å². The molecule has 1 aromatic carbocycles. The van der Waals surface area contributed by atoms with Gasteiger partial charge in [0.05, 0.1) is 6.10 Å². The van der Waals surface area contributed by atoms with E-state index < -0.39 is 18.0 Å². The highest BCUT2D eigenvalue weighted by Crippen LogP contribution is 2.23. The third-order valence-corrected chi connectivity index (χ3v) is 2.12. The molecule has 0 amide bonds. The molecular formula is C9H11ClFNO2. The number of hydrogen-bond donors (Lipinski definition) is 3. The summed E-state index contributed by atoms with van der Waals surface area (Å²) in [6.07, 6.45) is -2.54. The molecule has 0 aliphatic carbocycles. The fourth-order valence-corrected chi connectivity index (χ4v) is 1.26. The predicted molar refractivity (Wildman–Crippen MR) is 51.4 cm³/mol. The van der Waals surface area contributed by atoms with Crippen molar-refractivity contribution in [1.82, 2.24) is 0 Å². The molecule has 1 aromatic rings. The van der Waals surface area contributed by atoms with Crippen LogP contribution in [-0.2, 0) is 0 Å². The summed E-state index contributed by atoms with van der Waals surface area (Å²) in [6.45, 7) is -0.146. The Morgan fingerprint density at radius 2 is 2.07 bits per heavy atom. The Morgan fingerprint density at radius 3 is 2.64 bits per heavy atom. The number of hydrogen-bond acceptors (Lipinski definition) is 3. The number of aliphatic hydroxyl groups excluding tert-OH is 2. The van der Waals surface area contributed by atoms with Crippen molar-refractivity contribution in [2.24, 2.45) is 5.73 Å². The number of benzene rings is 1. The summed E-state index contributed by atoms with van der Waals surface area (Å²) in [7, 11) is 0. The fraction of sp³-hybridized carbons (Fsp3) is 0.333. The predicted octanol–water partition coefficient (Wildman–Crippen LogP) is 0.832. The lowest BCUT2D eigenvalue weighted by atomic mass is 10.0. The lowest BCUT2D eigenvalue weighted by Crippen LogP contribution is -2.27. The molecule has 2 unspecified atom stereocenters. The summed E-state index contributed by atoms with van der Waals surface area (Å²) in [5.41, 5.74) is 5.09. The van der Waals surface area contributed by atoms with E-state index >= 15 is 0 Å². The van der Waals surface area contributed by atoms with Crippen LogP contribution in [0.5, 0.6) is 0 Å². The van der Waals surface area contributed by atoms with Crippen molar-refractivity contribution in [3.05, 3.63) is 34.6 Å². The van der Waals surface area contributed by atoms with Crippen molar-refractivity contribution in [2.45, 2.75) is 12.2 Å². The molecule has 78 valence electrons. The SMILES string of the molecule is NCC(O)C(O)c1cc(Cl)ccc1F. The summed E-state index contributed by atoms with van der Waals surface area (Å²) in [4.78, 5) is 0. The Morgan fingerprint density at radius 1 is 1.43 bits per heavy atom. The Hall–Kier alpha value is -0.680. The lowest BCUT2D eigenvalue weighted by Gasteiger charge is -2.16. The van der Waals surface area contributed by atoms with Crippen LogP contribution in [0, 0.1) is 5.82 Å². The van der Waals surface area contributed by atoms with Crippen LogP contribution < -0.4 is 5.73 Å². The minimum Gasteiger partial charge on any atom is -0.389 e. The van der Waals surface area contributed by atoms with Crippen LogP contribution in [0.1, 0.15) is 11.7 Å². The first-order valence-electron chi connectivity index (χ1n) is 4.07.